The maximum Gasteiger partial charge on any atom is 0.227 e. The zero-order chi connectivity index (χ0) is 22.2. The molecule has 0 radical (unpaired) electrons. The molecule has 2 aliphatic rings. The molecule has 4 aromatic rings. The molecular formula is C24H28N8O. The number of fused-ring (bicyclic) bond motifs is 2. The number of nitrogens with zero attached hydrogens (tertiary/aromatic N) is 6. The van der Waals surface area contributed by atoms with Crippen LogP contribution in [0.25, 0.3) is 16.7 Å². The Balaban J connectivity index is 1.09. The average Bonchev–Trinajstić information content (AvgIpc) is 3.51. The molecule has 1 saturated carbocycles. The lowest BCUT2D eigenvalue weighted by Crippen LogP contribution is -2.38. The van der Waals surface area contributed by atoms with Crippen molar-refractivity contribution in [3.05, 3.63) is 42.5 Å². The van der Waals surface area contributed by atoms with Crippen LogP contribution < -0.4 is 10.2 Å². The molecule has 2 fully saturated rings. The van der Waals surface area contributed by atoms with E-state index in [1.165, 1.54) is 32.1 Å². The van der Waals surface area contributed by atoms with Gasteiger partial charge in [-0.1, -0.05) is 19.3 Å². The summed E-state index contributed by atoms with van der Waals surface area (Å²) in [5.74, 6) is 2.60. The fourth-order valence-electron chi connectivity index (χ4n) is 5.18. The first-order valence-corrected chi connectivity index (χ1v) is 12.0. The van der Waals surface area contributed by atoms with Crippen LogP contribution in [0.15, 0.2) is 36.7 Å². The summed E-state index contributed by atoms with van der Waals surface area (Å²) in [7, 11) is 0. The summed E-state index contributed by atoms with van der Waals surface area (Å²) < 4.78 is 1.68. The molecule has 33 heavy (non-hydrogen) atoms. The minimum Gasteiger partial charge on any atom is -0.355 e. The maximum atomic E-state index is 12.9. The highest BCUT2D eigenvalue weighted by atomic mass is 16.1. The fraction of sp³-hybridized carbons (Fsp3) is 0.458. The third-order valence-electron chi connectivity index (χ3n) is 7.10. The summed E-state index contributed by atoms with van der Waals surface area (Å²) in [6.45, 7) is 1.59. The fourth-order valence-corrected chi connectivity index (χ4v) is 5.18. The predicted molar refractivity (Wildman–Crippen MR) is 126 cm³/mol. The van der Waals surface area contributed by atoms with Gasteiger partial charge < -0.3 is 15.2 Å². The van der Waals surface area contributed by atoms with Crippen molar-refractivity contribution in [2.75, 3.05) is 23.3 Å². The minimum absolute atomic E-state index is 0.00448. The zero-order valence-corrected chi connectivity index (χ0v) is 18.6. The molecule has 0 bridgehead atoms. The molecule has 0 atom stereocenters. The number of anilines is 2. The van der Waals surface area contributed by atoms with Crippen LogP contribution in [0.1, 0.15) is 56.7 Å². The first-order chi connectivity index (χ1) is 16.2. The summed E-state index contributed by atoms with van der Waals surface area (Å²) in [5.41, 5.74) is 3.53. The van der Waals surface area contributed by atoms with Gasteiger partial charge in [0.25, 0.3) is 0 Å². The van der Waals surface area contributed by atoms with E-state index < -0.39 is 0 Å². The van der Waals surface area contributed by atoms with Crippen LogP contribution in [0, 0.1) is 5.92 Å². The average molecular weight is 445 g/mol. The Bertz CT molecular complexity index is 1280. The number of aromatic amines is 1. The number of hydrogen-bond donors (Lipinski definition) is 2. The Morgan fingerprint density at radius 3 is 2.73 bits per heavy atom. The Kier molecular flexibility index (Phi) is 5.16. The van der Waals surface area contributed by atoms with Gasteiger partial charge >= 0.3 is 0 Å². The second-order valence-corrected chi connectivity index (χ2v) is 9.26. The van der Waals surface area contributed by atoms with Crippen molar-refractivity contribution in [1.82, 2.24) is 29.8 Å². The SMILES string of the molecule is O=C(Nc1ccc2nc(C3CCCCC3)[nH]c2c1)C1CCN(c2ccc3nncn3n2)CC1. The van der Waals surface area contributed by atoms with Crippen molar-refractivity contribution in [3.8, 4) is 0 Å². The highest BCUT2D eigenvalue weighted by molar-refractivity contribution is 5.94. The molecule has 0 spiro atoms. The van der Waals surface area contributed by atoms with Crippen molar-refractivity contribution in [2.24, 2.45) is 5.92 Å². The summed E-state index contributed by atoms with van der Waals surface area (Å²) in [5, 5.41) is 15.6. The number of carbonyl (C=O) groups is 1. The molecule has 1 saturated heterocycles. The maximum absolute atomic E-state index is 12.9. The first-order valence-electron chi connectivity index (χ1n) is 12.0. The molecule has 3 aromatic heterocycles. The zero-order valence-electron chi connectivity index (χ0n) is 18.6. The number of piperidine rings is 1. The van der Waals surface area contributed by atoms with Crippen LogP contribution in [-0.2, 0) is 4.79 Å². The van der Waals surface area contributed by atoms with Crippen molar-refractivity contribution in [3.63, 3.8) is 0 Å². The van der Waals surface area contributed by atoms with Crippen LogP contribution >= 0.6 is 0 Å². The summed E-state index contributed by atoms with van der Waals surface area (Å²) >= 11 is 0. The smallest absolute Gasteiger partial charge is 0.227 e. The molecule has 1 aliphatic heterocycles. The normalized spacial score (nSPS) is 18.2. The van der Waals surface area contributed by atoms with Crippen LogP contribution in [0.2, 0.25) is 0 Å². The van der Waals surface area contributed by atoms with Crippen LogP contribution in [0.3, 0.4) is 0 Å². The summed E-state index contributed by atoms with van der Waals surface area (Å²) in [6.07, 6.45) is 9.53. The summed E-state index contributed by atoms with van der Waals surface area (Å²) in [4.78, 5) is 23.5. The van der Waals surface area contributed by atoms with E-state index in [1.807, 2.05) is 30.3 Å². The lowest BCUT2D eigenvalue weighted by Gasteiger charge is -2.32. The molecule has 0 unspecified atom stereocenters. The van der Waals surface area contributed by atoms with Gasteiger partial charge in [0, 0.05) is 30.6 Å². The van der Waals surface area contributed by atoms with Crippen molar-refractivity contribution < 1.29 is 4.79 Å². The third kappa shape index (κ3) is 4.03. The van der Waals surface area contributed by atoms with Gasteiger partial charge in [0.2, 0.25) is 5.91 Å². The molecule has 1 aromatic carbocycles. The molecule has 170 valence electrons. The van der Waals surface area contributed by atoms with E-state index in [1.54, 1.807) is 10.8 Å². The first kappa shape index (κ1) is 20.1. The van der Waals surface area contributed by atoms with Crippen molar-refractivity contribution >= 4 is 34.1 Å². The molecule has 6 rings (SSSR count). The number of aromatic nitrogens is 6. The number of amides is 1. The van der Waals surface area contributed by atoms with E-state index in [4.69, 9.17) is 4.98 Å². The number of rotatable bonds is 4. The number of hydrogen-bond acceptors (Lipinski definition) is 6. The van der Waals surface area contributed by atoms with Gasteiger partial charge in [-0.3, -0.25) is 4.79 Å². The van der Waals surface area contributed by atoms with Crippen molar-refractivity contribution in [2.45, 2.75) is 50.9 Å². The second-order valence-electron chi connectivity index (χ2n) is 9.26. The van der Waals surface area contributed by atoms with Gasteiger partial charge in [-0.15, -0.1) is 15.3 Å². The van der Waals surface area contributed by atoms with Gasteiger partial charge in [0.05, 0.1) is 11.0 Å². The van der Waals surface area contributed by atoms with Gasteiger partial charge in [-0.05, 0) is 56.0 Å². The Morgan fingerprint density at radius 2 is 1.88 bits per heavy atom. The third-order valence-corrected chi connectivity index (χ3v) is 7.10. The van der Waals surface area contributed by atoms with E-state index in [0.29, 0.717) is 5.92 Å². The number of H-pyrrole nitrogens is 1. The summed E-state index contributed by atoms with van der Waals surface area (Å²) in [6, 6.07) is 9.85. The molecule has 9 nitrogen and oxygen atoms in total. The minimum atomic E-state index is -0.00448. The molecule has 9 heteroatoms. The second kappa shape index (κ2) is 8.46. The van der Waals surface area contributed by atoms with Gasteiger partial charge in [-0.25, -0.2) is 4.98 Å². The van der Waals surface area contributed by atoms with Crippen LogP contribution in [-0.4, -0.2) is 48.8 Å². The highest BCUT2D eigenvalue weighted by Gasteiger charge is 2.26. The largest absolute Gasteiger partial charge is 0.355 e. The molecule has 1 amide bonds. The molecular weight excluding hydrogens is 416 g/mol. The topological polar surface area (TPSA) is 104 Å². The number of benzene rings is 1. The number of imidazole rings is 1. The van der Waals surface area contributed by atoms with Gasteiger partial charge in [-0.2, -0.15) is 4.52 Å². The standard InChI is InChI=1S/C24H28N8O/c33-24(17-10-12-31(13-11-17)22-9-8-21-29-25-15-32(21)30-22)26-18-6-7-19-20(14-18)28-23(27-19)16-4-2-1-3-5-16/h6-9,14-17H,1-5,10-13H2,(H,26,33)(H,27,28). The number of nitrogens with one attached hydrogen (secondary N) is 2. The molecule has 1 aliphatic carbocycles. The molecule has 4 heterocycles. The van der Waals surface area contributed by atoms with Crippen LogP contribution in [0.5, 0.6) is 0 Å². The molecule has 2 N–H and O–H groups in total. The lowest BCUT2D eigenvalue weighted by atomic mass is 9.89. The lowest BCUT2D eigenvalue weighted by molar-refractivity contribution is -0.120. The van der Waals surface area contributed by atoms with E-state index in [-0.39, 0.29) is 11.8 Å². The van der Waals surface area contributed by atoms with Crippen LogP contribution in [0.4, 0.5) is 11.5 Å². The van der Waals surface area contributed by atoms with E-state index >= 15 is 0 Å². The van der Waals surface area contributed by atoms with E-state index in [2.05, 4.69) is 30.5 Å². The Morgan fingerprint density at radius 1 is 1.03 bits per heavy atom. The van der Waals surface area contributed by atoms with Gasteiger partial charge in [0.15, 0.2) is 5.65 Å². The van der Waals surface area contributed by atoms with Crippen molar-refractivity contribution in [1.29, 1.82) is 0 Å². The number of carbonyl (C=O) groups excluding carboxylic acids is 1. The van der Waals surface area contributed by atoms with E-state index in [0.717, 1.165) is 59.9 Å². The highest BCUT2D eigenvalue weighted by Crippen LogP contribution is 2.32. The predicted octanol–water partition coefficient (Wildman–Crippen LogP) is 3.90. The Hall–Kier alpha value is -3.49. The monoisotopic (exact) mass is 444 g/mol. The quantitative estimate of drug-likeness (QED) is 0.495. The van der Waals surface area contributed by atoms with Gasteiger partial charge in [0.1, 0.15) is 18.0 Å². The van der Waals surface area contributed by atoms with E-state index in [9.17, 15) is 4.79 Å². The Labute approximate surface area is 191 Å².